The molecule has 0 saturated heterocycles. The van der Waals surface area contributed by atoms with Gasteiger partial charge in [0.1, 0.15) is 0 Å². The van der Waals surface area contributed by atoms with Gasteiger partial charge in [-0.1, -0.05) is 0 Å². The summed E-state index contributed by atoms with van der Waals surface area (Å²) in [7, 11) is -5.17. The summed E-state index contributed by atoms with van der Waals surface area (Å²) in [6, 6.07) is 0. The van der Waals surface area contributed by atoms with Gasteiger partial charge in [-0.3, -0.25) is 8.42 Å². The maximum Gasteiger partial charge on any atom is 3.00 e. The molecule has 5 nitrogen and oxygen atoms in total. The van der Waals surface area contributed by atoms with Crippen LogP contribution in [0.1, 0.15) is 0 Å². The maximum atomic E-state index is 8.52. The van der Waals surface area contributed by atoms with Crippen LogP contribution in [0.2, 0.25) is 0 Å². The van der Waals surface area contributed by atoms with Crippen molar-refractivity contribution < 1.29 is 68.3 Å². The van der Waals surface area contributed by atoms with Crippen LogP contribution in [0.3, 0.4) is 0 Å². The fourth-order valence-electron chi connectivity index (χ4n) is 0. The average Bonchev–Trinajstić information content (AvgIpc) is 0.722. The predicted octanol–water partition coefficient (Wildman–Crippen LogP) is -1.40. The molecule has 0 aliphatic heterocycles. The second kappa shape index (κ2) is 12.4. The van der Waals surface area contributed by atoms with Gasteiger partial charge in [0.25, 0.3) is 0 Å². The van der Waals surface area contributed by atoms with E-state index in [4.69, 9.17) is 17.5 Å². The molecule has 48 valence electrons. The Kier molecular flexibility index (Phi) is 42.7. The van der Waals surface area contributed by atoms with E-state index >= 15 is 0 Å². The topological polar surface area (TPSA) is 109 Å². The van der Waals surface area contributed by atoms with Crippen molar-refractivity contribution in [2.24, 2.45) is 0 Å². The number of rotatable bonds is 0. The molecule has 0 aliphatic carbocycles. The van der Waals surface area contributed by atoms with Gasteiger partial charge < -0.3 is 14.6 Å². The van der Waals surface area contributed by atoms with Crippen molar-refractivity contribution in [2.45, 2.75) is 0 Å². The Morgan fingerprint density at radius 2 is 1.11 bits per heavy atom. The van der Waals surface area contributed by atoms with Crippen LogP contribution >= 0.6 is 9.90 Å². The Labute approximate surface area is 88.0 Å². The van der Waals surface area contributed by atoms with Crippen LogP contribution in [0.5, 0.6) is 0 Å². The zero-order valence-corrected chi connectivity index (χ0v) is 11.4. The van der Waals surface area contributed by atoms with E-state index in [1.807, 2.05) is 0 Å². The Bertz CT molecular complexity index is 100. The zero-order chi connectivity index (χ0) is 4.50. The van der Waals surface area contributed by atoms with Crippen LogP contribution in [0, 0.1) is 0 Å². The molecule has 0 rings (SSSR count). The Morgan fingerprint density at radius 1 is 1.11 bits per heavy atom. The van der Waals surface area contributed by atoms with Gasteiger partial charge in [-0.15, -0.1) is 0 Å². The van der Waals surface area contributed by atoms with Gasteiger partial charge in [0.15, 0.2) is 0 Å². The third-order valence-electron chi connectivity index (χ3n) is 0. The molecular weight excluding hydrogens is 253 g/mol. The van der Waals surface area contributed by atoms with E-state index in [0.717, 1.165) is 0 Å². The molecule has 1 atom stereocenters. The SMILES string of the molecule is O=S(=O)([O-])[O-].P.[O-2].[Sc+3].[Zn+2]. The summed E-state index contributed by atoms with van der Waals surface area (Å²) in [6.45, 7) is 0. The van der Waals surface area contributed by atoms with Gasteiger partial charge in [0, 0.05) is 10.4 Å². The Balaban J connectivity index is -0.0000000133. The van der Waals surface area contributed by atoms with Crippen molar-refractivity contribution in [3.05, 3.63) is 0 Å². The second-order valence-electron chi connectivity index (χ2n) is 0.408. The van der Waals surface area contributed by atoms with Crippen molar-refractivity contribution >= 4 is 20.3 Å². The molecule has 0 amide bonds. The van der Waals surface area contributed by atoms with Gasteiger partial charge >= 0.3 is 45.3 Å². The number of hydrogen-bond donors (Lipinski definition) is 0. The first-order valence-electron chi connectivity index (χ1n) is 0.667. The van der Waals surface area contributed by atoms with E-state index < -0.39 is 10.4 Å². The Morgan fingerprint density at radius 3 is 1.11 bits per heavy atom. The minimum absolute atomic E-state index is 0. The maximum absolute atomic E-state index is 8.52. The summed E-state index contributed by atoms with van der Waals surface area (Å²) in [6.07, 6.45) is 0. The molecule has 0 aromatic heterocycles. The van der Waals surface area contributed by atoms with E-state index in [-0.39, 0.29) is 60.7 Å². The molecule has 0 spiro atoms. The normalized spacial score (nSPS) is 6.44. The predicted molar refractivity (Wildman–Crippen MR) is 22.3 cm³/mol. The smallest absolute Gasteiger partial charge is 2.00 e. The monoisotopic (exact) mass is 255 g/mol. The largest absolute Gasteiger partial charge is 3.00 e. The van der Waals surface area contributed by atoms with Crippen LogP contribution in [0.25, 0.3) is 0 Å². The molecule has 0 radical (unpaired) electrons. The molecule has 9 heteroatoms. The minimum atomic E-state index is -5.17. The Hall–Kier alpha value is 1.75. The third-order valence-corrected chi connectivity index (χ3v) is 0. The summed E-state index contributed by atoms with van der Waals surface area (Å²) in [5.74, 6) is 0. The molecular formula is H3O5PSScZn+. The summed E-state index contributed by atoms with van der Waals surface area (Å²) in [5, 5.41) is 0. The minimum Gasteiger partial charge on any atom is -2.00 e. The van der Waals surface area contributed by atoms with Gasteiger partial charge in [0.05, 0.1) is 0 Å². The quantitative estimate of drug-likeness (QED) is 0.230. The van der Waals surface area contributed by atoms with E-state index in [0.29, 0.717) is 0 Å². The standard InChI is InChI=1S/H2O4S.O.H3P.Sc.Zn/c1-5(2,3)4;;;;/h(H2,1,2,3,4);;1H3;;/q;-2;;+3;+2/p-2. The summed E-state index contributed by atoms with van der Waals surface area (Å²) < 4.78 is 34.1. The van der Waals surface area contributed by atoms with Gasteiger partial charge in [-0.2, -0.15) is 9.90 Å². The molecule has 0 saturated carbocycles. The van der Waals surface area contributed by atoms with Crippen molar-refractivity contribution in [3.63, 3.8) is 0 Å². The van der Waals surface area contributed by atoms with Gasteiger partial charge in [0.2, 0.25) is 0 Å². The molecule has 9 heavy (non-hydrogen) atoms. The molecule has 0 aliphatic rings. The average molecular weight is 256 g/mol. The van der Waals surface area contributed by atoms with Crippen LogP contribution < -0.4 is 0 Å². The van der Waals surface area contributed by atoms with Gasteiger partial charge in [-0.25, -0.2) is 0 Å². The van der Waals surface area contributed by atoms with Crippen LogP contribution in [0.4, 0.5) is 0 Å². The second-order valence-corrected chi connectivity index (χ2v) is 1.22. The van der Waals surface area contributed by atoms with Crippen molar-refractivity contribution in [1.29, 1.82) is 0 Å². The first-order valence-corrected chi connectivity index (χ1v) is 2.00. The van der Waals surface area contributed by atoms with Crippen molar-refractivity contribution in [3.8, 4) is 0 Å². The van der Waals surface area contributed by atoms with E-state index in [1.165, 1.54) is 0 Å². The van der Waals surface area contributed by atoms with Crippen molar-refractivity contribution in [2.75, 3.05) is 0 Å². The fraction of sp³-hybridized carbons (Fsp3) is 0. The molecule has 0 bridgehead atoms. The molecule has 0 heterocycles. The summed E-state index contributed by atoms with van der Waals surface area (Å²) >= 11 is 0. The van der Waals surface area contributed by atoms with Crippen molar-refractivity contribution in [1.82, 2.24) is 0 Å². The zero-order valence-electron chi connectivity index (χ0n) is 4.44. The van der Waals surface area contributed by atoms with E-state index in [2.05, 4.69) is 0 Å². The fourth-order valence-corrected chi connectivity index (χ4v) is 0. The molecule has 0 aromatic rings. The molecule has 0 fully saturated rings. The first-order chi connectivity index (χ1) is 2.00. The molecule has 0 aromatic carbocycles. The third kappa shape index (κ3) is 191. The van der Waals surface area contributed by atoms with E-state index in [9.17, 15) is 0 Å². The van der Waals surface area contributed by atoms with Gasteiger partial charge in [-0.05, 0) is 0 Å². The molecule has 0 N–H and O–H groups in total. The number of hydrogen-bond acceptors (Lipinski definition) is 4. The van der Waals surface area contributed by atoms with E-state index in [1.54, 1.807) is 0 Å². The van der Waals surface area contributed by atoms with Crippen LogP contribution in [-0.4, -0.2) is 17.5 Å². The van der Waals surface area contributed by atoms with Crippen LogP contribution in [-0.2, 0) is 61.2 Å². The first kappa shape index (κ1) is 30.9. The van der Waals surface area contributed by atoms with Crippen LogP contribution in [0.15, 0.2) is 0 Å². The molecule has 1 unspecified atom stereocenters. The summed E-state index contributed by atoms with van der Waals surface area (Å²) in [4.78, 5) is 0. The summed E-state index contributed by atoms with van der Waals surface area (Å²) in [5.41, 5.74) is 0.